The van der Waals surface area contributed by atoms with Gasteiger partial charge in [0.1, 0.15) is 0 Å². The Morgan fingerprint density at radius 1 is 0.667 bits per heavy atom. The second kappa shape index (κ2) is 21.8. The van der Waals surface area contributed by atoms with Crippen LogP contribution in [0.2, 0.25) is 0 Å². The summed E-state index contributed by atoms with van der Waals surface area (Å²) in [5.41, 5.74) is 0. The van der Waals surface area contributed by atoms with Crippen molar-refractivity contribution in [2.45, 2.75) is 111 Å². The van der Waals surface area contributed by atoms with E-state index in [-0.39, 0.29) is 5.91 Å². The van der Waals surface area contributed by atoms with Crippen molar-refractivity contribution in [1.82, 2.24) is 5.32 Å². The minimum absolute atomic E-state index is 0.183. The second-order valence-corrected chi connectivity index (χ2v) is 5.59. The number of unbranched alkanes of at least 4 members (excludes halogenated alkanes) is 11. The summed E-state index contributed by atoms with van der Waals surface area (Å²) >= 11 is 0. The lowest BCUT2D eigenvalue weighted by molar-refractivity contribution is -0.120. The first-order chi connectivity index (χ1) is 10.3. The zero-order valence-electron chi connectivity index (χ0n) is 15.3. The highest BCUT2D eigenvalue weighted by Crippen LogP contribution is 2.11. The van der Waals surface area contributed by atoms with E-state index in [0.717, 1.165) is 13.0 Å². The molecule has 0 aromatic rings. The fraction of sp³-hybridized carbons (Fsp3) is 0.947. The molecule has 0 aliphatic rings. The number of amides is 1. The molecule has 0 saturated heterocycles. The number of nitrogens with one attached hydrogen (secondary N) is 1. The van der Waals surface area contributed by atoms with Crippen LogP contribution in [0.1, 0.15) is 111 Å². The molecule has 0 aliphatic heterocycles. The average Bonchev–Trinajstić information content (AvgIpc) is 2.53. The molecular formula is C19H41NO. The molecule has 0 bridgehead atoms. The fourth-order valence-corrected chi connectivity index (χ4v) is 2.32. The molecule has 0 unspecified atom stereocenters. The van der Waals surface area contributed by atoms with Crippen LogP contribution >= 0.6 is 0 Å². The van der Waals surface area contributed by atoms with E-state index in [2.05, 4.69) is 12.2 Å². The van der Waals surface area contributed by atoms with Crippen molar-refractivity contribution in [2.24, 2.45) is 0 Å². The van der Waals surface area contributed by atoms with E-state index in [4.69, 9.17) is 0 Å². The Labute approximate surface area is 134 Å². The molecule has 0 aromatic carbocycles. The molecule has 2 heteroatoms. The molecule has 1 amide bonds. The van der Waals surface area contributed by atoms with E-state index in [1.807, 2.05) is 20.8 Å². The van der Waals surface area contributed by atoms with E-state index < -0.39 is 0 Å². The zero-order valence-corrected chi connectivity index (χ0v) is 15.3. The summed E-state index contributed by atoms with van der Waals surface area (Å²) in [6.45, 7) is 9.04. The van der Waals surface area contributed by atoms with E-state index in [1.165, 1.54) is 70.6 Å². The SMILES string of the molecule is CC.CCCCCCCCCCCCCCNC(=O)CC. The summed E-state index contributed by atoms with van der Waals surface area (Å²) in [5.74, 6) is 0.183. The zero-order chi connectivity index (χ0) is 16.2. The first kappa shape index (κ1) is 22.7. The third-order valence-corrected chi connectivity index (χ3v) is 3.67. The highest BCUT2D eigenvalue weighted by atomic mass is 16.1. The maximum Gasteiger partial charge on any atom is 0.219 e. The molecule has 0 radical (unpaired) electrons. The van der Waals surface area contributed by atoms with Gasteiger partial charge < -0.3 is 5.32 Å². The monoisotopic (exact) mass is 299 g/mol. The molecule has 0 saturated carbocycles. The van der Waals surface area contributed by atoms with Gasteiger partial charge in [-0.3, -0.25) is 4.79 Å². The van der Waals surface area contributed by atoms with Gasteiger partial charge in [-0.15, -0.1) is 0 Å². The van der Waals surface area contributed by atoms with Gasteiger partial charge in [0, 0.05) is 13.0 Å². The summed E-state index contributed by atoms with van der Waals surface area (Å²) < 4.78 is 0. The van der Waals surface area contributed by atoms with Crippen LogP contribution in [0, 0.1) is 0 Å². The van der Waals surface area contributed by atoms with Gasteiger partial charge in [-0.1, -0.05) is 98.3 Å². The Kier molecular flexibility index (Phi) is 23.6. The van der Waals surface area contributed by atoms with Crippen molar-refractivity contribution in [3.8, 4) is 0 Å². The molecule has 0 fully saturated rings. The summed E-state index contributed by atoms with van der Waals surface area (Å²) in [6.07, 6.45) is 17.0. The molecular weight excluding hydrogens is 258 g/mol. The lowest BCUT2D eigenvalue weighted by Crippen LogP contribution is -2.23. The van der Waals surface area contributed by atoms with Gasteiger partial charge in [-0.2, -0.15) is 0 Å². The Bertz CT molecular complexity index is 192. The van der Waals surface area contributed by atoms with Gasteiger partial charge in [-0.25, -0.2) is 0 Å². The second-order valence-electron chi connectivity index (χ2n) is 5.59. The molecule has 0 rings (SSSR count). The molecule has 0 heterocycles. The van der Waals surface area contributed by atoms with Gasteiger partial charge in [0.15, 0.2) is 0 Å². The quantitative estimate of drug-likeness (QED) is 0.378. The first-order valence-electron chi connectivity index (χ1n) is 9.58. The van der Waals surface area contributed by atoms with Crippen molar-refractivity contribution in [2.75, 3.05) is 6.54 Å². The summed E-state index contributed by atoms with van der Waals surface area (Å²) in [6, 6.07) is 0. The standard InChI is InChI=1S/C17H35NO.C2H6/c1-3-5-6-7-8-9-10-11-12-13-14-15-16-18-17(19)4-2;1-2/h3-16H2,1-2H3,(H,18,19);1-2H3. The van der Waals surface area contributed by atoms with E-state index in [9.17, 15) is 4.79 Å². The van der Waals surface area contributed by atoms with Crippen LogP contribution in [0.15, 0.2) is 0 Å². The highest BCUT2D eigenvalue weighted by molar-refractivity contribution is 5.75. The van der Waals surface area contributed by atoms with E-state index >= 15 is 0 Å². The maximum atomic E-state index is 11.0. The Balaban J connectivity index is 0. The predicted octanol–water partition coefficient (Wildman–Crippen LogP) is 6.24. The molecule has 0 spiro atoms. The summed E-state index contributed by atoms with van der Waals surface area (Å²) in [5, 5.41) is 2.93. The number of carbonyl (C=O) groups excluding carboxylic acids is 1. The Hall–Kier alpha value is -0.530. The van der Waals surface area contributed by atoms with Gasteiger partial charge in [0.25, 0.3) is 0 Å². The molecule has 0 aliphatic carbocycles. The van der Waals surface area contributed by atoms with Gasteiger partial charge >= 0.3 is 0 Å². The summed E-state index contributed by atoms with van der Waals surface area (Å²) in [4.78, 5) is 11.0. The molecule has 128 valence electrons. The van der Waals surface area contributed by atoms with Crippen LogP contribution in [0.4, 0.5) is 0 Å². The smallest absolute Gasteiger partial charge is 0.219 e. The van der Waals surface area contributed by atoms with Crippen molar-refractivity contribution in [1.29, 1.82) is 0 Å². The largest absolute Gasteiger partial charge is 0.356 e. The minimum atomic E-state index is 0.183. The van der Waals surface area contributed by atoms with Crippen molar-refractivity contribution in [3.63, 3.8) is 0 Å². The lowest BCUT2D eigenvalue weighted by Gasteiger charge is -2.04. The average molecular weight is 300 g/mol. The number of hydrogen-bond acceptors (Lipinski definition) is 1. The van der Waals surface area contributed by atoms with Crippen LogP contribution in [-0.4, -0.2) is 12.5 Å². The van der Waals surface area contributed by atoms with Crippen LogP contribution in [0.5, 0.6) is 0 Å². The molecule has 0 aromatic heterocycles. The molecule has 2 nitrogen and oxygen atoms in total. The maximum absolute atomic E-state index is 11.0. The normalized spacial score (nSPS) is 9.90. The molecule has 1 N–H and O–H groups in total. The van der Waals surface area contributed by atoms with Crippen molar-refractivity contribution < 1.29 is 4.79 Å². The molecule has 21 heavy (non-hydrogen) atoms. The van der Waals surface area contributed by atoms with Crippen LogP contribution < -0.4 is 5.32 Å². The number of hydrogen-bond donors (Lipinski definition) is 1. The van der Waals surface area contributed by atoms with Crippen LogP contribution in [0.25, 0.3) is 0 Å². The topological polar surface area (TPSA) is 29.1 Å². The third kappa shape index (κ3) is 21.9. The first-order valence-corrected chi connectivity index (χ1v) is 9.58. The highest BCUT2D eigenvalue weighted by Gasteiger charge is 1.96. The Morgan fingerprint density at radius 2 is 1.05 bits per heavy atom. The van der Waals surface area contributed by atoms with Gasteiger partial charge in [0.2, 0.25) is 5.91 Å². The van der Waals surface area contributed by atoms with Gasteiger partial charge in [0.05, 0.1) is 0 Å². The van der Waals surface area contributed by atoms with E-state index in [0.29, 0.717) is 6.42 Å². The number of rotatable bonds is 14. The predicted molar refractivity (Wildman–Crippen MR) is 95.7 cm³/mol. The lowest BCUT2D eigenvalue weighted by atomic mass is 10.1. The Morgan fingerprint density at radius 3 is 1.43 bits per heavy atom. The van der Waals surface area contributed by atoms with Crippen LogP contribution in [0.3, 0.4) is 0 Å². The third-order valence-electron chi connectivity index (χ3n) is 3.67. The van der Waals surface area contributed by atoms with E-state index in [1.54, 1.807) is 0 Å². The molecule has 0 atom stereocenters. The van der Waals surface area contributed by atoms with Crippen molar-refractivity contribution >= 4 is 5.91 Å². The minimum Gasteiger partial charge on any atom is -0.356 e. The van der Waals surface area contributed by atoms with Crippen LogP contribution in [-0.2, 0) is 4.79 Å². The number of carbonyl (C=O) groups is 1. The van der Waals surface area contributed by atoms with Crippen molar-refractivity contribution in [3.05, 3.63) is 0 Å². The fourth-order valence-electron chi connectivity index (χ4n) is 2.32. The summed E-state index contributed by atoms with van der Waals surface area (Å²) in [7, 11) is 0. The van der Waals surface area contributed by atoms with Gasteiger partial charge in [-0.05, 0) is 6.42 Å².